The van der Waals surface area contributed by atoms with Crippen molar-refractivity contribution in [3.8, 4) is 0 Å². The van der Waals surface area contributed by atoms with Gasteiger partial charge in [-0.15, -0.1) is 0 Å². The Balaban J connectivity index is 2.25. The molecule has 0 bridgehead atoms. The minimum atomic E-state index is -1.56. The molecule has 116 valence electrons. The fourth-order valence-electron chi connectivity index (χ4n) is 1.82. The first-order valence-electron chi connectivity index (χ1n) is 6.51. The van der Waals surface area contributed by atoms with Crippen LogP contribution in [0.1, 0.15) is 15.9 Å². The molecule has 0 saturated heterocycles. The van der Waals surface area contributed by atoms with Crippen molar-refractivity contribution in [1.29, 1.82) is 0 Å². The van der Waals surface area contributed by atoms with E-state index in [1.165, 1.54) is 24.3 Å². The third-order valence-corrected chi connectivity index (χ3v) is 2.90. The molecule has 0 aromatic heterocycles. The van der Waals surface area contributed by atoms with Crippen molar-refractivity contribution in [1.82, 2.24) is 5.32 Å². The van der Waals surface area contributed by atoms with Gasteiger partial charge in [-0.2, -0.15) is 0 Å². The monoisotopic (exact) mass is 311 g/mol. The maximum atomic E-state index is 12.1. The molecule has 0 aliphatic carbocycles. The zero-order chi connectivity index (χ0) is 16.8. The van der Waals surface area contributed by atoms with E-state index in [4.69, 9.17) is 0 Å². The number of non-ortho nitro benzene ring substituents is 1. The first kappa shape index (κ1) is 15.9. The fourth-order valence-corrected chi connectivity index (χ4v) is 1.82. The second kappa shape index (κ2) is 6.99. The Hall–Kier alpha value is -3.48. The lowest BCUT2D eigenvalue weighted by molar-refractivity contribution is -0.384. The van der Waals surface area contributed by atoms with E-state index < -0.39 is 22.5 Å². The number of nitrogens with one attached hydrogen (secondary N) is 1. The minimum Gasteiger partial charge on any atom is -0.543 e. The van der Waals surface area contributed by atoms with Crippen LogP contribution < -0.4 is 10.4 Å². The summed E-state index contributed by atoms with van der Waals surface area (Å²) in [5.74, 6) is -2.34. The topological polar surface area (TPSA) is 112 Å². The standard InChI is InChI=1S/C16H12N2O5/c19-15(12-7-4-8-13(10-12)18(22)23)17-14(16(20)21)9-11-5-2-1-3-6-11/h1-10H,(H,17,19)(H,20,21)/p-1/b14-9+. The van der Waals surface area contributed by atoms with Gasteiger partial charge in [-0.3, -0.25) is 14.9 Å². The van der Waals surface area contributed by atoms with Gasteiger partial charge in [0.1, 0.15) is 0 Å². The lowest BCUT2D eigenvalue weighted by Crippen LogP contribution is -2.35. The summed E-state index contributed by atoms with van der Waals surface area (Å²) >= 11 is 0. The molecular weight excluding hydrogens is 300 g/mol. The summed E-state index contributed by atoms with van der Waals surface area (Å²) in [4.78, 5) is 33.3. The fraction of sp³-hybridized carbons (Fsp3) is 0. The SMILES string of the molecule is O=C([O-])/C(=C\c1ccccc1)NC(=O)c1cccc([N+](=O)[O-])c1. The molecule has 7 nitrogen and oxygen atoms in total. The maximum absolute atomic E-state index is 12.1. The number of carbonyl (C=O) groups excluding carboxylic acids is 2. The molecular formula is C16H11N2O5-. The predicted molar refractivity (Wildman–Crippen MR) is 80.0 cm³/mol. The summed E-state index contributed by atoms with van der Waals surface area (Å²) < 4.78 is 0. The number of rotatable bonds is 5. The van der Waals surface area contributed by atoms with Crippen molar-refractivity contribution in [2.75, 3.05) is 0 Å². The molecule has 2 rings (SSSR count). The van der Waals surface area contributed by atoms with Gasteiger partial charge >= 0.3 is 0 Å². The largest absolute Gasteiger partial charge is 0.543 e. The van der Waals surface area contributed by atoms with Crippen LogP contribution >= 0.6 is 0 Å². The second-order valence-electron chi connectivity index (χ2n) is 4.52. The Morgan fingerprint density at radius 2 is 1.74 bits per heavy atom. The summed E-state index contributed by atoms with van der Waals surface area (Å²) in [5.41, 5.74) is -0.169. The molecule has 0 atom stereocenters. The van der Waals surface area contributed by atoms with Crippen LogP contribution in [0.3, 0.4) is 0 Å². The van der Waals surface area contributed by atoms with Gasteiger partial charge in [-0.25, -0.2) is 0 Å². The first-order valence-corrected chi connectivity index (χ1v) is 6.51. The third kappa shape index (κ3) is 4.24. The van der Waals surface area contributed by atoms with Crippen molar-refractivity contribution in [2.24, 2.45) is 0 Å². The molecule has 1 N–H and O–H groups in total. The molecule has 0 fully saturated rings. The van der Waals surface area contributed by atoms with E-state index in [-0.39, 0.29) is 11.3 Å². The summed E-state index contributed by atoms with van der Waals surface area (Å²) in [6, 6.07) is 13.5. The summed E-state index contributed by atoms with van der Waals surface area (Å²) in [6.07, 6.45) is 1.24. The van der Waals surface area contributed by atoms with Gasteiger partial charge < -0.3 is 15.2 Å². The lowest BCUT2D eigenvalue weighted by Gasteiger charge is -2.11. The molecule has 2 aromatic carbocycles. The average Bonchev–Trinajstić information content (AvgIpc) is 2.55. The zero-order valence-corrected chi connectivity index (χ0v) is 11.8. The van der Waals surface area contributed by atoms with Crippen LogP contribution in [-0.4, -0.2) is 16.8 Å². The number of carboxylic acid groups (broad SMARTS) is 1. The number of nitro groups is 1. The van der Waals surface area contributed by atoms with Gasteiger partial charge in [0.2, 0.25) is 0 Å². The van der Waals surface area contributed by atoms with Crippen LogP contribution in [0.15, 0.2) is 60.3 Å². The number of benzene rings is 2. The van der Waals surface area contributed by atoms with Crippen LogP contribution in [-0.2, 0) is 4.79 Å². The molecule has 1 amide bonds. The van der Waals surface area contributed by atoms with E-state index in [2.05, 4.69) is 5.32 Å². The van der Waals surface area contributed by atoms with Gasteiger partial charge in [0, 0.05) is 17.7 Å². The van der Waals surface area contributed by atoms with Gasteiger partial charge in [-0.1, -0.05) is 36.4 Å². The molecule has 23 heavy (non-hydrogen) atoms. The van der Waals surface area contributed by atoms with Crippen LogP contribution in [0.2, 0.25) is 0 Å². The Morgan fingerprint density at radius 3 is 2.35 bits per heavy atom. The van der Waals surface area contributed by atoms with E-state index >= 15 is 0 Å². The quantitative estimate of drug-likeness (QED) is 0.505. The van der Waals surface area contributed by atoms with E-state index in [0.29, 0.717) is 5.56 Å². The highest BCUT2D eigenvalue weighted by molar-refractivity contribution is 6.02. The number of nitrogens with zero attached hydrogens (tertiary/aromatic N) is 1. The van der Waals surface area contributed by atoms with Gasteiger partial charge in [0.15, 0.2) is 0 Å². The Morgan fingerprint density at radius 1 is 1.04 bits per heavy atom. The van der Waals surface area contributed by atoms with E-state index in [1.54, 1.807) is 30.3 Å². The molecule has 0 aliphatic rings. The second-order valence-corrected chi connectivity index (χ2v) is 4.52. The maximum Gasteiger partial charge on any atom is 0.270 e. The minimum absolute atomic E-state index is 0.0283. The molecule has 0 unspecified atom stereocenters. The highest BCUT2D eigenvalue weighted by Gasteiger charge is 2.13. The first-order chi connectivity index (χ1) is 11.0. The predicted octanol–water partition coefficient (Wildman–Crippen LogP) is 1.12. The molecule has 0 saturated carbocycles. The Labute approximate surface area is 131 Å². The Kier molecular flexibility index (Phi) is 4.83. The van der Waals surface area contributed by atoms with Crippen molar-refractivity contribution >= 4 is 23.6 Å². The number of carbonyl (C=O) groups is 2. The average molecular weight is 311 g/mol. The van der Waals surface area contributed by atoms with Crippen LogP contribution in [0.4, 0.5) is 5.69 Å². The number of hydrogen-bond donors (Lipinski definition) is 1. The van der Waals surface area contributed by atoms with E-state index in [9.17, 15) is 24.8 Å². The number of carboxylic acids is 1. The normalized spacial score (nSPS) is 10.9. The Bertz CT molecular complexity index is 784. The lowest BCUT2D eigenvalue weighted by atomic mass is 10.1. The molecule has 0 aliphatic heterocycles. The highest BCUT2D eigenvalue weighted by atomic mass is 16.6. The van der Waals surface area contributed by atoms with Crippen LogP contribution in [0.25, 0.3) is 6.08 Å². The number of nitro benzene ring substituents is 1. The van der Waals surface area contributed by atoms with Crippen LogP contribution in [0.5, 0.6) is 0 Å². The molecule has 0 spiro atoms. The summed E-state index contributed by atoms with van der Waals surface area (Å²) in [6.45, 7) is 0. The number of amides is 1. The zero-order valence-electron chi connectivity index (χ0n) is 11.8. The van der Waals surface area contributed by atoms with E-state index in [0.717, 1.165) is 6.07 Å². The van der Waals surface area contributed by atoms with Gasteiger partial charge in [0.05, 0.1) is 16.6 Å². The summed E-state index contributed by atoms with van der Waals surface area (Å²) in [7, 11) is 0. The molecule has 2 aromatic rings. The number of aliphatic carboxylic acids is 1. The molecule has 0 heterocycles. The third-order valence-electron chi connectivity index (χ3n) is 2.90. The van der Waals surface area contributed by atoms with Gasteiger partial charge in [-0.05, 0) is 17.7 Å². The van der Waals surface area contributed by atoms with Crippen molar-refractivity contribution in [3.05, 3.63) is 81.5 Å². The smallest absolute Gasteiger partial charge is 0.270 e. The van der Waals surface area contributed by atoms with Crippen molar-refractivity contribution < 1.29 is 19.6 Å². The van der Waals surface area contributed by atoms with Gasteiger partial charge in [0.25, 0.3) is 11.6 Å². The highest BCUT2D eigenvalue weighted by Crippen LogP contribution is 2.13. The summed E-state index contributed by atoms with van der Waals surface area (Å²) in [5, 5.41) is 24.0. The van der Waals surface area contributed by atoms with Crippen molar-refractivity contribution in [2.45, 2.75) is 0 Å². The number of hydrogen-bond acceptors (Lipinski definition) is 5. The molecule has 7 heteroatoms. The molecule has 0 radical (unpaired) electrons. The van der Waals surface area contributed by atoms with Crippen molar-refractivity contribution in [3.63, 3.8) is 0 Å². The van der Waals surface area contributed by atoms with E-state index in [1.807, 2.05) is 0 Å². The van der Waals surface area contributed by atoms with Crippen LogP contribution in [0, 0.1) is 10.1 Å².